The minimum absolute atomic E-state index is 0.153. The molecule has 4 rings (SSSR count). The fourth-order valence-electron chi connectivity index (χ4n) is 3.56. The van der Waals surface area contributed by atoms with Gasteiger partial charge in [-0.2, -0.15) is 0 Å². The summed E-state index contributed by atoms with van der Waals surface area (Å²) in [5.74, 6) is -0.594. The molecule has 0 atom stereocenters. The van der Waals surface area contributed by atoms with Gasteiger partial charge in [-0.25, -0.2) is 0 Å². The number of ketones is 2. The fourth-order valence-corrected chi connectivity index (χ4v) is 4.28. The molecule has 0 aromatic heterocycles. The zero-order chi connectivity index (χ0) is 21.3. The second kappa shape index (κ2) is 8.61. The maximum absolute atomic E-state index is 13.2. The van der Waals surface area contributed by atoms with Gasteiger partial charge >= 0.3 is 0 Å². The van der Waals surface area contributed by atoms with E-state index in [0.29, 0.717) is 26.2 Å². The molecule has 0 bridgehead atoms. The largest absolute Gasteiger partial charge is 0.294 e. The van der Waals surface area contributed by atoms with Gasteiger partial charge in [0.05, 0.1) is 5.57 Å². The van der Waals surface area contributed by atoms with Gasteiger partial charge < -0.3 is 0 Å². The van der Waals surface area contributed by atoms with E-state index in [4.69, 9.17) is 34.8 Å². The van der Waals surface area contributed by atoms with Crippen molar-refractivity contribution in [1.29, 1.82) is 0 Å². The molecule has 30 heavy (non-hydrogen) atoms. The van der Waals surface area contributed by atoms with Crippen molar-refractivity contribution in [2.45, 2.75) is 6.42 Å². The van der Waals surface area contributed by atoms with Crippen LogP contribution in [0.15, 0.2) is 78.4 Å². The van der Waals surface area contributed by atoms with Gasteiger partial charge in [0.15, 0.2) is 11.6 Å². The van der Waals surface area contributed by atoms with E-state index in [9.17, 15) is 9.59 Å². The third-order valence-electron chi connectivity index (χ3n) is 4.84. The molecule has 1 aliphatic carbocycles. The normalized spacial score (nSPS) is 13.6. The van der Waals surface area contributed by atoms with Gasteiger partial charge in [0.25, 0.3) is 0 Å². The maximum Gasteiger partial charge on any atom is 0.190 e. The minimum atomic E-state index is -0.374. The van der Waals surface area contributed by atoms with Crippen LogP contribution in [0.3, 0.4) is 0 Å². The van der Waals surface area contributed by atoms with E-state index < -0.39 is 0 Å². The quantitative estimate of drug-likeness (QED) is 0.319. The van der Waals surface area contributed by atoms with Crippen LogP contribution in [0.25, 0.3) is 11.6 Å². The number of allylic oxidation sites excluding steroid dienone is 2. The average molecular weight is 454 g/mol. The summed E-state index contributed by atoms with van der Waals surface area (Å²) in [5, 5.41) is 1.49. The zero-order valence-corrected chi connectivity index (χ0v) is 17.9. The lowest BCUT2D eigenvalue weighted by Gasteiger charge is -2.22. The Kier molecular flexibility index (Phi) is 5.92. The Morgan fingerprint density at radius 3 is 2.23 bits per heavy atom. The third-order valence-corrected chi connectivity index (χ3v) is 5.51. The molecule has 0 radical (unpaired) electrons. The van der Waals surface area contributed by atoms with E-state index in [1.807, 2.05) is 36.4 Å². The van der Waals surface area contributed by atoms with Crippen molar-refractivity contribution in [2.24, 2.45) is 0 Å². The summed E-state index contributed by atoms with van der Waals surface area (Å²) < 4.78 is 0. The monoisotopic (exact) mass is 452 g/mol. The van der Waals surface area contributed by atoms with E-state index in [2.05, 4.69) is 0 Å². The summed E-state index contributed by atoms with van der Waals surface area (Å²) in [4.78, 5) is 26.2. The molecule has 3 aromatic carbocycles. The van der Waals surface area contributed by atoms with Crippen LogP contribution in [0.4, 0.5) is 0 Å². The lowest BCUT2D eigenvalue weighted by molar-refractivity contribution is -0.119. The van der Waals surface area contributed by atoms with Crippen LogP contribution in [0, 0.1) is 0 Å². The van der Waals surface area contributed by atoms with Crippen molar-refractivity contribution in [2.75, 3.05) is 0 Å². The van der Waals surface area contributed by atoms with Gasteiger partial charge in [0.1, 0.15) is 0 Å². The third kappa shape index (κ3) is 4.27. The molecule has 3 aromatic rings. The number of hydrogen-bond donors (Lipinski definition) is 0. The first-order valence-electron chi connectivity index (χ1n) is 9.22. The summed E-state index contributed by atoms with van der Waals surface area (Å²) in [6.45, 7) is 0. The van der Waals surface area contributed by atoms with Crippen LogP contribution in [0.5, 0.6) is 0 Å². The highest BCUT2D eigenvalue weighted by Gasteiger charge is 2.29. The van der Waals surface area contributed by atoms with E-state index >= 15 is 0 Å². The van der Waals surface area contributed by atoms with Crippen molar-refractivity contribution in [3.8, 4) is 0 Å². The van der Waals surface area contributed by atoms with Gasteiger partial charge in [-0.05, 0) is 58.7 Å². The fraction of sp³-hybridized carbons (Fsp3) is 0.0400. The van der Waals surface area contributed by atoms with E-state index in [1.54, 1.807) is 36.4 Å². The van der Waals surface area contributed by atoms with Crippen LogP contribution in [0.1, 0.15) is 22.3 Å². The summed E-state index contributed by atoms with van der Waals surface area (Å²) in [6, 6.07) is 19.8. The second-order valence-corrected chi connectivity index (χ2v) is 8.23. The molecule has 0 unspecified atom stereocenters. The number of carbonyl (C=O) groups excluding carboxylic acids is 2. The van der Waals surface area contributed by atoms with Crippen LogP contribution in [-0.4, -0.2) is 11.6 Å². The van der Waals surface area contributed by atoms with Gasteiger partial charge in [0, 0.05) is 27.1 Å². The molecule has 2 nitrogen and oxygen atoms in total. The van der Waals surface area contributed by atoms with Crippen LogP contribution in [-0.2, 0) is 16.0 Å². The first-order valence-corrected chi connectivity index (χ1v) is 10.4. The summed E-state index contributed by atoms with van der Waals surface area (Å²) in [7, 11) is 0. The molecule has 1 aliphatic rings. The van der Waals surface area contributed by atoms with Gasteiger partial charge in [-0.3, -0.25) is 9.59 Å². The Bertz CT molecular complexity index is 1200. The lowest BCUT2D eigenvalue weighted by atomic mass is 9.80. The predicted molar refractivity (Wildman–Crippen MR) is 123 cm³/mol. The molecular weight excluding hydrogens is 439 g/mol. The highest BCUT2D eigenvalue weighted by atomic mass is 35.5. The van der Waals surface area contributed by atoms with Crippen molar-refractivity contribution in [3.05, 3.63) is 116 Å². The first kappa shape index (κ1) is 20.6. The molecule has 0 saturated heterocycles. The highest BCUT2D eigenvalue weighted by molar-refractivity contribution is 6.35. The maximum atomic E-state index is 13.2. The van der Waals surface area contributed by atoms with Crippen molar-refractivity contribution >= 4 is 58.0 Å². The highest BCUT2D eigenvalue weighted by Crippen LogP contribution is 2.36. The summed E-state index contributed by atoms with van der Waals surface area (Å²) in [6.07, 6.45) is 3.14. The number of halogens is 3. The second-order valence-electron chi connectivity index (χ2n) is 6.92. The Morgan fingerprint density at radius 1 is 0.833 bits per heavy atom. The van der Waals surface area contributed by atoms with Crippen LogP contribution >= 0.6 is 34.8 Å². The number of carbonyl (C=O) groups is 2. The predicted octanol–water partition coefficient (Wildman–Crippen LogP) is 6.86. The topological polar surface area (TPSA) is 34.1 Å². The molecule has 0 saturated carbocycles. The SMILES string of the molecule is O=C(C=Cc1cc(Cl)cc(Cl)c1)C1=C(c2ccccc2)c2cc(Cl)ccc2CC1=O. The number of rotatable bonds is 4. The number of Topliss-reactive ketones (excluding diaryl/α,β-unsaturated/α-hetero) is 1. The molecule has 0 amide bonds. The number of hydrogen-bond acceptors (Lipinski definition) is 2. The van der Waals surface area contributed by atoms with E-state index in [-0.39, 0.29) is 23.6 Å². The Labute approximate surface area is 189 Å². The molecule has 148 valence electrons. The molecule has 0 aliphatic heterocycles. The van der Waals surface area contributed by atoms with Gasteiger partial charge in [-0.1, -0.05) is 77.3 Å². The summed E-state index contributed by atoms with van der Waals surface area (Å²) in [5.41, 5.74) is 3.87. The number of benzene rings is 3. The molecule has 5 heteroatoms. The lowest BCUT2D eigenvalue weighted by Crippen LogP contribution is -2.21. The molecule has 0 spiro atoms. The van der Waals surface area contributed by atoms with E-state index in [1.165, 1.54) is 6.08 Å². The number of fused-ring (bicyclic) bond motifs is 1. The van der Waals surface area contributed by atoms with Gasteiger partial charge in [0.2, 0.25) is 0 Å². The van der Waals surface area contributed by atoms with Crippen LogP contribution < -0.4 is 0 Å². The van der Waals surface area contributed by atoms with Crippen molar-refractivity contribution in [1.82, 2.24) is 0 Å². The van der Waals surface area contributed by atoms with E-state index in [0.717, 1.165) is 16.7 Å². The Balaban J connectivity index is 1.86. The Morgan fingerprint density at radius 2 is 1.53 bits per heavy atom. The molecule has 0 N–H and O–H groups in total. The standard InChI is InChI=1S/C25H15Cl3O2/c26-18-8-7-17-12-23(30)25(24(21(17)14-18)16-4-2-1-3-5-16)22(29)9-6-15-10-19(27)13-20(28)11-15/h1-11,13-14H,12H2. The molecular formula is C25H15Cl3O2. The van der Waals surface area contributed by atoms with Crippen LogP contribution in [0.2, 0.25) is 15.1 Å². The van der Waals surface area contributed by atoms with Crippen molar-refractivity contribution in [3.63, 3.8) is 0 Å². The molecule has 0 fully saturated rings. The molecule has 0 heterocycles. The summed E-state index contributed by atoms with van der Waals surface area (Å²) >= 11 is 18.3. The van der Waals surface area contributed by atoms with Crippen molar-refractivity contribution < 1.29 is 9.59 Å². The minimum Gasteiger partial charge on any atom is -0.294 e. The Hall–Kier alpha value is -2.65. The average Bonchev–Trinajstić information content (AvgIpc) is 2.71. The smallest absolute Gasteiger partial charge is 0.190 e. The zero-order valence-electron chi connectivity index (χ0n) is 15.7. The van der Waals surface area contributed by atoms with Gasteiger partial charge in [-0.15, -0.1) is 0 Å². The first-order chi connectivity index (χ1) is 14.4.